The van der Waals surface area contributed by atoms with Crippen molar-refractivity contribution in [2.45, 2.75) is 97.6 Å². The number of Topliss-reactive ketones (excluding diaryl/α,β-unsaturated/α-hetero) is 2. The molecule has 0 unspecified atom stereocenters. The summed E-state index contributed by atoms with van der Waals surface area (Å²) >= 11 is 0. The number of carbonyl (C=O) groups excluding carboxylic acids is 5. The van der Waals surface area contributed by atoms with Gasteiger partial charge in [-0.1, -0.05) is 52.9 Å². The Morgan fingerprint density at radius 3 is 2.31 bits per heavy atom. The molecular weight excluding hydrogens is 460 g/mol. The number of aromatic nitrogens is 2. The third-order valence-electron chi connectivity index (χ3n) is 7.00. The second kappa shape index (κ2) is 14.7. The minimum Gasteiger partial charge on any atom is -0.348 e. The topological polar surface area (TPSA) is 138 Å². The van der Waals surface area contributed by atoms with Crippen LogP contribution in [0, 0.1) is 23.7 Å². The van der Waals surface area contributed by atoms with Gasteiger partial charge in [-0.15, -0.1) is 0 Å². The van der Waals surface area contributed by atoms with Gasteiger partial charge in [0.1, 0.15) is 12.1 Å². The Kier molecular flexibility index (Phi) is 12.0. The van der Waals surface area contributed by atoms with E-state index in [-0.39, 0.29) is 48.6 Å². The Morgan fingerprint density at radius 1 is 1.06 bits per heavy atom. The Morgan fingerprint density at radius 2 is 1.75 bits per heavy atom. The fraction of sp³-hybridized carbons (Fsp3) is 0.704. The van der Waals surface area contributed by atoms with E-state index in [4.69, 9.17) is 0 Å². The first-order chi connectivity index (χ1) is 17.1. The van der Waals surface area contributed by atoms with Gasteiger partial charge in [0.15, 0.2) is 5.78 Å². The zero-order valence-electron chi connectivity index (χ0n) is 22.0. The summed E-state index contributed by atoms with van der Waals surface area (Å²) in [5.74, 6) is -1.89. The number of hydrogen-bond acceptors (Lipinski definition) is 6. The smallest absolute Gasteiger partial charge is 0.224 e. The SMILES string of the molecule is CC(=O)C[C@@H](C)C(=O)N[C@H](C(=O)C[C@@H](CC1CCCCC1)C(=O)N[C@H](C=O)Cc1cnc[nH]1)C(C)C. The van der Waals surface area contributed by atoms with Crippen LogP contribution in [-0.4, -0.2) is 51.7 Å². The van der Waals surface area contributed by atoms with Crippen LogP contribution < -0.4 is 10.6 Å². The molecule has 36 heavy (non-hydrogen) atoms. The lowest BCUT2D eigenvalue weighted by molar-refractivity contribution is -0.135. The van der Waals surface area contributed by atoms with Gasteiger partial charge < -0.3 is 25.2 Å². The lowest BCUT2D eigenvalue weighted by Crippen LogP contribution is -2.48. The highest BCUT2D eigenvalue weighted by atomic mass is 16.2. The van der Waals surface area contributed by atoms with Gasteiger partial charge in [-0.05, 0) is 25.2 Å². The van der Waals surface area contributed by atoms with Crippen LogP contribution in [0.4, 0.5) is 0 Å². The zero-order chi connectivity index (χ0) is 26.7. The quantitative estimate of drug-likeness (QED) is 0.315. The number of hydrogen-bond donors (Lipinski definition) is 3. The number of carbonyl (C=O) groups is 5. The van der Waals surface area contributed by atoms with Gasteiger partial charge in [0.2, 0.25) is 11.8 Å². The molecule has 4 atom stereocenters. The maximum atomic E-state index is 13.4. The van der Waals surface area contributed by atoms with E-state index in [2.05, 4.69) is 20.6 Å². The normalized spacial score (nSPS) is 17.6. The summed E-state index contributed by atoms with van der Waals surface area (Å²) in [5, 5.41) is 5.63. The van der Waals surface area contributed by atoms with Crippen molar-refractivity contribution in [1.82, 2.24) is 20.6 Å². The number of H-pyrrole nitrogens is 1. The molecule has 9 nitrogen and oxygen atoms in total. The van der Waals surface area contributed by atoms with E-state index in [0.29, 0.717) is 18.6 Å². The first kappa shape index (κ1) is 29.4. The molecule has 3 N–H and O–H groups in total. The van der Waals surface area contributed by atoms with Crippen LogP contribution in [0.5, 0.6) is 0 Å². The minimum absolute atomic E-state index is 0.0117. The van der Waals surface area contributed by atoms with E-state index >= 15 is 0 Å². The van der Waals surface area contributed by atoms with E-state index in [9.17, 15) is 24.0 Å². The number of amides is 2. The molecule has 1 aromatic rings. The Bertz CT molecular complexity index is 877. The van der Waals surface area contributed by atoms with Crippen LogP contribution in [0.2, 0.25) is 0 Å². The van der Waals surface area contributed by atoms with Crippen LogP contribution in [0.15, 0.2) is 12.5 Å². The van der Waals surface area contributed by atoms with E-state index < -0.39 is 23.9 Å². The van der Waals surface area contributed by atoms with E-state index in [1.807, 2.05) is 13.8 Å². The van der Waals surface area contributed by atoms with Crippen molar-refractivity contribution in [3.05, 3.63) is 18.2 Å². The summed E-state index contributed by atoms with van der Waals surface area (Å²) in [5.41, 5.74) is 0.731. The fourth-order valence-corrected chi connectivity index (χ4v) is 4.98. The average molecular weight is 503 g/mol. The van der Waals surface area contributed by atoms with Crippen LogP contribution >= 0.6 is 0 Å². The molecule has 0 bridgehead atoms. The molecule has 0 aromatic carbocycles. The summed E-state index contributed by atoms with van der Waals surface area (Å²) < 4.78 is 0. The van der Waals surface area contributed by atoms with Crippen molar-refractivity contribution in [2.75, 3.05) is 0 Å². The van der Waals surface area contributed by atoms with E-state index in [1.165, 1.54) is 19.7 Å². The Labute approximate surface area is 214 Å². The Balaban J connectivity index is 2.12. The molecule has 0 aliphatic heterocycles. The molecular formula is C27H42N4O5. The number of imidazole rings is 1. The van der Waals surface area contributed by atoms with Gasteiger partial charge >= 0.3 is 0 Å². The van der Waals surface area contributed by atoms with Gasteiger partial charge in [0.25, 0.3) is 0 Å². The maximum Gasteiger partial charge on any atom is 0.224 e. The predicted octanol–water partition coefficient (Wildman–Crippen LogP) is 2.94. The number of aromatic amines is 1. The molecule has 2 amide bonds. The molecule has 1 aliphatic rings. The highest BCUT2D eigenvalue weighted by Gasteiger charge is 2.33. The summed E-state index contributed by atoms with van der Waals surface area (Å²) in [6.07, 6.45) is 10.2. The molecule has 1 fully saturated rings. The molecule has 0 radical (unpaired) electrons. The largest absolute Gasteiger partial charge is 0.348 e. The van der Waals surface area contributed by atoms with Crippen molar-refractivity contribution >= 4 is 29.7 Å². The van der Waals surface area contributed by atoms with Gasteiger partial charge in [0, 0.05) is 43.0 Å². The van der Waals surface area contributed by atoms with E-state index in [0.717, 1.165) is 31.4 Å². The standard InChI is InChI=1S/C27H42N4O5/c1-17(2)25(31-26(35)18(3)10-19(4)33)24(34)12-21(11-20-8-6-5-7-9-20)27(36)30-23(15-32)13-22-14-28-16-29-22/h14-18,20-21,23,25H,5-13H2,1-4H3,(H,28,29)(H,30,36)(H,31,35)/t18-,21-,23+,25+/m1/s1. The lowest BCUT2D eigenvalue weighted by atomic mass is 9.80. The predicted molar refractivity (Wildman–Crippen MR) is 136 cm³/mol. The van der Waals surface area contributed by atoms with Crippen LogP contribution in [0.25, 0.3) is 0 Å². The van der Waals surface area contributed by atoms with Crippen LogP contribution in [0.1, 0.15) is 84.8 Å². The zero-order valence-corrected chi connectivity index (χ0v) is 22.0. The third-order valence-corrected chi connectivity index (χ3v) is 7.00. The number of ketones is 2. The van der Waals surface area contributed by atoms with Crippen molar-refractivity contribution in [2.24, 2.45) is 23.7 Å². The molecule has 200 valence electrons. The number of nitrogens with one attached hydrogen (secondary N) is 3. The maximum absolute atomic E-state index is 13.4. The van der Waals surface area contributed by atoms with Gasteiger partial charge in [-0.2, -0.15) is 0 Å². The summed E-state index contributed by atoms with van der Waals surface area (Å²) in [6.45, 7) is 6.79. The summed E-state index contributed by atoms with van der Waals surface area (Å²) in [6, 6.07) is -1.48. The van der Waals surface area contributed by atoms with Crippen molar-refractivity contribution < 1.29 is 24.0 Å². The lowest BCUT2D eigenvalue weighted by Gasteiger charge is -2.29. The molecule has 1 saturated carbocycles. The van der Waals surface area contributed by atoms with Crippen LogP contribution in [0.3, 0.4) is 0 Å². The molecule has 1 heterocycles. The second-order valence-corrected chi connectivity index (χ2v) is 10.7. The van der Waals surface area contributed by atoms with Gasteiger partial charge in [-0.25, -0.2) is 4.98 Å². The fourth-order valence-electron chi connectivity index (χ4n) is 4.98. The van der Waals surface area contributed by atoms with Gasteiger partial charge in [0.05, 0.1) is 18.4 Å². The van der Waals surface area contributed by atoms with Crippen LogP contribution in [-0.2, 0) is 30.4 Å². The highest BCUT2D eigenvalue weighted by Crippen LogP contribution is 2.31. The third kappa shape index (κ3) is 9.66. The number of rotatable bonds is 15. The first-order valence-electron chi connectivity index (χ1n) is 13.2. The number of nitrogens with zero attached hydrogens (tertiary/aromatic N) is 1. The van der Waals surface area contributed by atoms with Crippen molar-refractivity contribution in [1.29, 1.82) is 0 Å². The average Bonchev–Trinajstić information content (AvgIpc) is 3.34. The first-order valence-corrected chi connectivity index (χ1v) is 13.2. The second-order valence-electron chi connectivity index (χ2n) is 10.7. The Hall–Kier alpha value is -2.84. The number of aldehydes is 1. The summed E-state index contributed by atoms with van der Waals surface area (Å²) in [7, 11) is 0. The molecule has 9 heteroatoms. The van der Waals surface area contributed by atoms with Crippen molar-refractivity contribution in [3.8, 4) is 0 Å². The monoisotopic (exact) mass is 502 g/mol. The van der Waals surface area contributed by atoms with Gasteiger partial charge in [-0.3, -0.25) is 14.4 Å². The summed E-state index contributed by atoms with van der Waals surface area (Å²) in [4.78, 5) is 69.3. The highest BCUT2D eigenvalue weighted by molar-refractivity contribution is 5.94. The molecule has 1 aromatic heterocycles. The molecule has 0 saturated heterocycles. The van der Waals surface area contributed by atoms with E-state index in [1.54, 1.807) is 13.1 Å². The minimum atomic E-state index is -0.750. The molecule has 1 aliphatic carbocycles. The van der Waals surface area contributed by atoms with Crippen molar-refractivity contribution in [3.63, 3.8) is 0 Å². The molecule has 2 rings (SSSR count). The molecule has 0 spiro atoms.